The van der Waals surface area contributed by atoms with Crippen LogP contribution < -0.4 is 21.7 Å². The van der Waals surface area contributed by atoms with Gasteiger partial charge in [0.25, 0.3) is 5.91 Å². The summed E-state index contributed by atoms with van der Waals surface area (Å²) in [5.74, 6) is -2.59. The molecule has 0 radical (unpaired) electrons. The molecule has 11 heteroatoms. The Labute approximate surface area is 249 Å². The number of likely N-dealkylation sites (tertiary alicyclic amines) is 1. The highest BCUT2D eigenvalue weighted by Gasteiger charge is 2.47. The van der Waals surface area contributed by atoms with Gasteiger partial charge in [-0.25, -0.2) is 4.79 Å². The highest BCUT2D eigenvalue weighted by molar-refractivity contribution is 6.37. The van der Waals surface area contributed by atoms with Gasteiger partial charge < -0.3 is 26.6 Å². The van der Waals surface area contributed by atoms with Gasteiger partial charge in [0.05, 0.1) is 12.1 Å². The number of primary amides is 1. The molecule has 42 heavy (non-hydrogen) atoms. The van der Waals surface area contributed by atoms with Crippen LogP contribution in [0.25, 0.3) is 0 Å². The lowest BCUT2D eigenvalue weighted by atomic mass is 9.85. The standard InChI is InChI=1S/C31H51N5O6/c1-16(2)14-20-12-13-36(23(20)28(40)33-21(15-18-8-9-18)25(38)27(32)39)29(41)26(31(5,6)7)35-30(42)34-22(17(3)4)24(37)19-10-11-19/h16-23,26H,8-15H2,1-7H3,(H2,32,39)(H,33,40)(H2,34,35,42)/t20-,21?,22+,23+,26-/m1/s1. The zero-order valence-electron chi connectivity index (χ0n) is 26.3. The lowest BCUT2D eigenvalue weighted by molar-refractivity contribution is -0.144. The van der Waals surface area contributed by atoms with Crippen molar-refractivity contribution < 1.29 is 28.8 Å². The predicted molar refractivity (Wildman–Crippen MR) is 158 cm³/mol. The van der Waals surface area contributed by atoms with E-state index in [0.717, 1.165) is 25.7 Å². The molecule has 3 aliphatic rings. The second-order valence-corrected chi connectivity index (χ2v) is 14.4. The van der Waals surface area contributed by atoms with Crippen molar-refractivity contribution in [1.29, 1.82) is 0 Å². The van der Waals surface area contributed by atoms with Crippen LogP contribution >= 0.6 is 0 Å². The maximum absolute atomic E-state index is 14.2. The molecule has 3 rings (SSSR count). The van der Waals surface area contributed by atoms with E-state index in [1.807, 2.05) is 48.5 Å². The predicted octanol–water partition coefficient (Wildman–Crippen LogP) is 2.31. The van der Waals surface area contributed by atoms with E-state index in [1.54, 1.807) is 0 Å². The van der Waals surface area contributed by atoms with Gasteiger partial charge in [-0.2, -0.15) is 0 Å². The van der Waals surface area contributed by atoms with Crippen LogP contribution in [-0.4, -0.2) is 70.9 Å². The molecule has 11 nitrogen and oxygen atoms in total. The summed E-state index contributed by atoms with van der Waals surface area (Å²) in [6.07, 6.45) is 5.13. The Balaban J connectivity index is 1.82. The number of urea groups is 1. The molecule has 1 heterocycles. The molecule has 0 aromatic rings. The molecule has 5 atom stereocenters. The number of amides is 5. The van der Waals surface area contributed by atoms with E-state index in [0.29, 0.717) is 25.8 Å². The van der Waals surface area contributed by atoms with Gasteiger partial charge in [0.15, 0.2) is 5.78 Å². The summed E-state index contributed by atoms with van der Waals surface area (Å²) in [7, 11) is 0. The molecule has 0 bridgehead atoms. The summed E-state index contributed by atoms with van der Waals surface area (Å²) >= 11 is 0. The van der Waals surface area contributed by atoms with Crippen LogP contribution in [0.5, 0.6) is 0 Å². The van der Waals surface area contributed by atoms with Gasteiger partial charge in [-0.05, 0) is 61.2 Å². The number of nitrogens with two attached hydrogens (primary N) is 1. The van der Waals surface area contributed by atoms with E-state index in [9.17, 15) is 28.8 Å². The lowest BCUT2D eigenvalue weighted by Gasteiger charge is -2.37. The fraction of sp³-hybridized carbons (Fsp3) is 0.806. The quantitative estimate of drug-likeness (QED) is 0.227. The Morgan fingerprint density at radius 1 is 0.857 bits per heavy atom. The van der Waals surface area contributed by atoms with Gasteiger partial charge >= 0.3 is 6.03 Å². The Bertz CT molecular complexity index is 1060. The smallest absolute Gasteiger partial charge is 0.316 e. The maximum atomic E-state index is 14.2. The van der Waals surface area contributed by atoms with E-state index in [-0.39, 0.29) is 35.4 Å². The molecule has 236 valence electrons. The number of carbonyl (C=O) groups is 6. The molecule has 2 aliphatic carbocycles. The fourth-order valence-corrected chi connectivity index (χ4v) is 5.98. The van der Waals surface area contributed by atoms with Gasteiger partial charge in [0.2, 0.25) is 17.6 Å². The molecule has 5 N–H and O–H groups in total. The lowest BCUT2D eigenvalue weighted by Crippen LogP contribution is -2.61. The van der Waals surface area contributed by atoms with Gasteiger partial charge in [-0.3, -0.25) is 24.0 Å². The molecule has 1 unspecified atom stereocenters. The second-order valence-electron chi connectivity index (χ2n) is 14.4. The average molecular weight is 590 g/mol. The normalized spacial score (nSPS) is 22.8. The maximum Gasteiger partial charge on any atom is 0.316 e. The SMILES string of the molecule is CC(C)C[C@H]1CCN(C(=O)[C@@H](NC(=O)N[C@H](C(=O)C2CC2)C(C)C)C(C)(C)C)[C@@H]1C(=O)NC(CC1CC1)C(=O)C(N)=O. The number of hydrogen-bond donors (Lipinski definition) is 4. The first-order valence-corrected chi connectivity index (χ1v) is 15.6. The third-order valence-corrected chi connectivity index (χ3v) is 8.62. The average Bonchev–Trinajstić information content (AvgIpc) is 3.81. The summed E-state index contributed by atoms with van der Waals surface area (Å²) in [4.78, 5) is 79.7. The minimum atomic E-state index is -1.10. The largest absolute Gasteiger partial charge is 0.363 e. The highest BCUT2D eigenvalue weighted by Crippen LogP contribution is 2.36. The third kappa shape index (κ3) is 8.77. The number of rotatable bonds is 14. The molecule has 5 amide bonds. The Morgan fingerprint density at radius 3 is 1.95 bits per heavy atom. The molecule has 0 spiro atoms. The number of ketones is 2. The van der Waals surface area contributed by atoms with Crippen LogP contribution in [0, 0.1) is 35.0 Å². The number of nitrogens with zero attached hydrogens (tertiary/aromatic N) is 1. The van der Waals surface area contributed by atoms with E-state index in [4.69, 9.17) is 5.73 Å². The molecule has 2 saturated carbocycles. The van der Waals surface area contributed by atoms with E-state index < -0.39 is 59.1 Å². The van der Waals surface area contributed by atoms with Crippen LogP contribution in [0.15, 0.2) is 0 Å². The van der Waals surface area contributed by atoms with Gasteiger partial charge in [0.1, 0.15) is 12.1 Å². The van der Waals surface area contributed by atoms with Crippen LogP contribution in [0.2, 0.25) is 0 Å². The van der Waals surface area contributed by atoms with Crippen molar-refractivity contribution in [2.75, 3.05) is 6.54 Å². The molecular weight excluding hydrogens is 538 g/mol. The summed E-state index contributed by atoms with van der Waals surface area (Å²) < 4.78 is 0. The van der Waals surface area contributed by atoms with Crippen molar-refractivity contribution in [1.82, 2.24) is 20.9 Å². The van der Waals surface area contributed by atoms with Gasteiger partial charge in [0, 0.05) is 12.5 Å². The Kier molecular flexibility index (Phi) is 10.8. The van der Waals surface area contributed by atoms with E-state index in [1.165, 1.54) is 4.90 Å². The third-order valence-electron chi connectivity index (χ3n) is 8.62. The summed E-state index contributed by atoms with van der Waals surface area (Å²) in [5.41, 5.74) is 4.57. The van der Waals surface area contributed by atoms with Crippen molar-refractivity contribution in [3.63, 3.8) is 0 Å². The monoisotopic (exact) mass is 589 g/mol. The zero-order chi connectivity index (χ0) is 31.5. The van der Waals surface area contributed by atoms with Crippen LogP contribution in [-0.2, 0) is 24.0 Å². The minimum Gasteiger partial charge on any atom is -0.363 e. The number of carbonyl (C=O) groups excluding carboxylic acids is 6. The number of nitrogens with one attached hydrogen (secondary N) is 3. The number of Topliss-reactive ketones (excluding diaryl/α,β-unsaturated/α-hetero) is 2. The molecule has 1 aliphatic heterocycles. The Morgan fingerprint density at radius 2 is 1.48 bits per heavy atom. The van der Waals surface area contributed by atoms with E-state index >= 15 is 0 Å². The van der Waals surface area contributed by atoms with Crippen LogP contribution in [0.1, 0.15) is 93.4 Å². The summed E-state index contributed by atoms with van der Waals surface area (Å²) in [6, 6.07) is -4.13. The first-order chi connectivity index (χ1) is 19.5. The fourth-order valence-electron chi connectivity index (χ4n) is 5.98. The van der Waals surface area contributed by atoms with Crippen LogP contribution in [0.3, 0.4) is 0 Å². The van der Waals surface area contributed by atoms with Crippen molar-refractivity contribution in [2.45, 2.75) is 118 Å². The summed E-state index contributed by atoms with van der Waals surface area (Å²) in [6.45, 7) is 13.7. The van der Waals surface area contributed by atoms with Gasteiger partial charge in [-0.1, -0.05) is 61.3 Å². The first kappa shape index (κ1) is 33.5. The molecule has 0 aromatic carbocycles. The Hall–Kier alpha value is -2.98. The first-order valence-electron chi connectivity index (χ1n) is 15.6. The molecule has 3 fully saturated rings. The second kappa shape index (κ2) is 13.5. The van der Waals surface area contributed by atoms with Gasteiger partial charge in [-0.15, -0.1) is 0 Å². The molecular formula is C31H51N5O6. The minimum absolute atomic E-state index is 0.0119. The zero-order valence-corrected chi connectivity index (χ0v) is 26.3. The highest BCUT2D eigenvalue weighted by atomic mass is 16.2. The van der Waals surface area contributed by atoms with Crippen molar-refractivity contribution in [3.8, 4) is 0 Å². The van der Waals surface area contributed by atoms with Crippen molar-refractivity contribution in [3.05, 3.63) is 0 Å². The number of hydrogen-bond acceptors (Lipinski definition) is 6. The summed E-state index contributed by atoms with van der Waals surface area (Å²) in [5, 5.41) is 8.38. The molecule has 0 aromatic heterocycles. The topological polar surface area (TPSA) is 168 Å². The van der Waals surface area contributed by atoms with Crippen LogP contribution in [0.4, 0.5) is 4.79 Å². The molecule has 1 saturated heterocycles. The van der Waals surface area contributed by atoms with Crippen molar-refractivity contribution in [2.24, 2.45) is 40.7 Å². The van der Waals surface area contributed by atoms with E-state index in [2.05, 4.69) is 16.0 Å². The van der Waals surface area contributed by atoms with Crippen molar-refractivity contribution >= 4 is 35.3 Å².